The van der Waals surface area contributed by atoms with Gasteiger partial charge in [-0.1, -0.05) is 18.2 Å². The van der Waals surface area contributed by atoms with Gasteiger partial charge in [-0.2, -0.15) is 0 Å². The number of para-hydroxylation sites is 1. The van der Waals surface area contributed by atoms with E-state index < -0.39 is 16.1 Å². The normalized spacial score (nSPS) is 12.9. The molecule has 0 fully saturated rings. The molecule has 1 aliphatic rings. The minimum Gasteiger partial charge on any atom is -0.486 e. The van der Waals surface area contributed by atoms with E-state index in [2.05, 4.69) is 10.6 Å². The van der Waals surface area contributed by atoms with Gasteiger partial charge in [-0.15, -0.1) is 0 Å². The second kappa shape index (κ2) is 8.17. The molecule has 0 unspecified atom stereocenters. The molecule has 27 heavy (non-hydrogen) atoms. The van der Waals surface area contributed by atoms with Crippen molar-refractivity contribution in [1.82, 2.24) is 5.32 Å². The predicted molar refractivity (Wildman–Crippen MR) is 103 cm³/mol. The number of hydrogen-bond donors (Lipinski definition) is 2. The fourth-order valence-corrected chi connectivity index (χ4v) is 3.56. The molecule has 0 atom stereocenters. The van der Waals surface area contributed by atoms with Crippen LogP contribution in [0, 0.1) is 0 Å². The second-order valence-electron chi connectivity index (χ2n) is 5.91. The van der Waals surface area contributed by atoms with Gasteiger partial charge in [0.05, 0.1) is 18.5 Å². The summed E-state index contributed by atoms with van der Waals surface area (Å²) in [6, 6.07) is 13.5. The molecular formula is C18H21N3O5S. The largest absolute Gasteiger partial charge is 0.486 e. The Morgan fingerprint density at radius 1 is 1.07 bits per heavy atom. The Hall–Kier alpha value is -2.94. The molecule has 0 spiro atoms. The lowest BCUT2D eigenvalue weighted by Crippen LogP contribution is -2.39. The first-order valence-electron chi connectivity index (χ1n) is 8.41. The Morgan fingerprint density at radius 3 is 2.48 bits per heavy atom. The number of sulfonamides is 1. The average Bonchev–Trinajstić information content (AvgIpc) is 2.65. The quantitative estimate of drug-likeness (QED) is 0.786. The van der Waals surface area contributed by atoms with Crippen molar-refractivity contribution < 1.29 is 22.7 Å². The smallest absolute Gasteiger partial charge is 0.319 e. The lowest BCUT2D eigenvalue weighted by atomic mass is 10.2. The van der Waals surface area contributed by atoms with Crippen LogP contribution in [-0.4, -0.2) is 47.0 Å². The predicted octanol–water partition coefficient (Wildman–Crippen LogP) is 2.05. The van der Waals surface area contributed by atoms with Gasteiger partial charge in [-0.05, 0) is 24.3 Å². The molecule has 0 saturated carbocycles. The van der Waals surface area contributed by atoms with Gasteiger partial charge in [0.1, 0.15) is 13.2 Å². The van der Waals surface area contributed by atoms with Crippen molar-refractivity contribution >= 4 is 27.4 Å². The zero-order valence-corrected chi connectivity index (χ0v) is 15.7. The number of urea groups is 1. The van der Waals surface area contributed by atoms with Gasteiger partial charge in [0.15, 0.2) is 11.5 Å². The number of ether oxygens (including phenoxy) is 2. The molecule has 2 N–H and O–H groups in total. The summed E-state index contributed by atoms with van der Waals surface area (Å²) in [4.78, 5) is 11.9. The van der Waals surface area contributed by atoms with Gasteiger partial charge in [0.2, 0.25) is 10.0 Å². The maximum Gasteiger partial charge on any atom is 0.319 e. The zero-order valence-electron chi connectivity index (χ0n) is 14.8. The maximum absolute atomic E-state index is 12.2. The average molecular weight is 391 g/mol. The summed E-state index contributed by atoms with van der Waals surface area (Å²) >= 11 is 0. The minimum atomic E-state index is -3.54. The van der Waals surface area contributed by atoms with Crippen molar-refractivity contribution in [3.63, 3.8) is 0 Å². The summed E-state index contributed by atoms with van der Waals surface area (Å²) in [5, 5.41) is 5.33. The van der Waals surface area contributed by atoms with E-state index in [9.17, 15) is 13.2 Å². The van der Waals surface area contributed by atoms with Crippen molar-refractivity contribution in [2.45, 2.75) is 0 Å². The zero-order chi connectivity index (χ0) is 19.3. The van der Waals surface area contributed by atoms with E-state index in [1.165, 1.54) is 4.31 Å². The van der Waals surface area contributed by atoms with Crippen LogP contribution in [0.1, 0.15) is 0 Å². The van der Waals surface area contributed by atoms with Gasteiger partial charge in [0.25, 0.3) is 0 Å². The molecule has 0 aliphatic carbocycles. The number of anilines is 2. The number of rotatable bonds is 6. The second-order valence-corrected chi connectivity index (χ2v) is 7.82. The maximum atomic E-state index is 12.2. The number of carbonyl (C=O) groups is 1. The van der Waals surface area contributed by atoms with Crippen LogP contribution in [-0.2, 0) is 10.0 Å². The van der Waals surface area contributed by atoms with Crippen LogP contribution < -0.4 is 24.4 Å². The Balaban J connectivity index is 1.63. The van der Waals surface area contributed by atoms with Gasteiger partial charge < -0.3 is 20.1 Å². The van der Waals surface area contributed by atoms with Crippen molar-refractivity contribution in [3.05, 3.63) is 48.5 Å². The first kappa shape index (κ1) is 18.8. The monoisotopic (exact) mass is 391 g/mol. The van der Waals surface area contributed by atoms with E-state index in [4.69, 9.17) is 9.47 Å². The van der Waals surface area contributed by atoms with E-state index in [-0.39, 0.29) is 13.1 Å². The molecule has 0 saturated heterocycles. The van der Waals surface area contributed by atoms with E-state index in [0.29, 0.717) is 36.1 Å². The number of hydrogen-bond acceptors (Lipinski definition) is 5. The SMILES string of the molecule is CS(=O)(=O)N(CCNC(=O)Nc1ccccc1)c1ccc2c(c1)OCCO2. The van der Waals surface area contributed by atoms with Crippen LogP contribution in [0.25, 0.3) is 0 Å². The molecule has 1 heterocycles. The molecule has 144 valence electrons. The first-order valence-corrected chi connectivity index (χ1v) is 10.3. The molecule has 0 bridgehead atoms. The summed E-state index contributed by atoms with van der Waals surface area (Å²) in [5.41, 5.74) is 1.11. The number of nitrogens with one attached hydrogen (secondary N) is 2. The lowest BCUT2D eigenvalue weighted by molar-refractivity contribution is 0.171. The highest BCUT2D eigenvalue weighted by atomic mass is 32.2. The fraction of sp³-hybridized carbons (Fsp3) is 0.278. The van der Waals surface area contributed by atoms with Crippen LogP contribution in [0.15, 0.2) is 48.5 Å². The van der Waals surface area contributed by atoms with Gasteiger partial charge in [-0.3, -0.25) is 4.31 Å². The highest BCUT2D eigenvalue weighted by Crippen LogP contribution is 2.34. The Labute approximate surface area is 158 Å². The summed E-state index contributed by atoms with van der Waals surface area (Å²) in [6.07, 6.45) is 1.12. The van der Waals surface area contributed by atoms with Crippen LogP contribution in [0.2, 0.25) is 0 Å². The van der Waals surface area contributed by atoms with Crippen molar-refractivity contribution in [2.75, 3.05) is 42.2 Å². The van der Waals surface area contributed by atoms with Crippen LogP contribution in [0.5, 0.6) is 11.5 Å². The molecule has 2 aromatic carbocycles. The Bertz CT molecular complexity index is 902. The summed E-state index contributed by atoms with van der Waals surface area (Å²) < 4.78 is 36.6. The highest BCUT2D eigenvalue weighted by Gasteiger charge is 2.20. The molecule has 9 heteroatoms. The number of fused-ring (bicyclic) bond motifs is 1. The van der Waals surface area contributed by atoms with Gasteiger partial charge in [-0.25, -0.2) is 13.2 Å². The molecule has 1 aliphatic heterocycles. The van der Waals surface area contributed by atoms with Crippen LogP contribution in [0.3, 0.4) is 0 Å². The molecule has 2 amide bonds. The van der Waals surface area contributed by atoms with Crippen molar-refractivity contribution in [3.8, 4) is 11.5 Å². The third-order valence-corrected chi connectivity index (χ3v) is 5.04. The standard InChI is InChI=1S/C18H21N3O5S/c1-27(23,24)21(15-7-8-16-17(13-15)26-12-11-25-16)10-9-19-18(22)20-14-5-3-2-4-6-14/h2-8,13H,9-12H2,1H3,(H2,19,20,22). The summed E-state index contributed by atoms with van der Waals surface area (Å²) in [6.45, 7) is 1.10. The summed E-state index contributed by atoms with van der Waals surface area (Å²) in [7, 11) is -3.54. The van der Waals surface area contributed by atoms with Crippen LogP contribution >= 0.6 is 0 Å². The van der Waals surface area contributed by atoms with Gasteiger partial charge >= 0.3 is 6.03 Å². The van der Waals surface area contributed by atoms with Crippen molar-refractivity contribution in [2.24, 2.45) is 0 Å². The lowest BCUT2D eigenvalue weighted by Gasteiger charge is -2.25. The number of nitrogens with zero attached hydrogens (tertiary/aromatic N) is 1. The minimum absolute atomic E-state index is 0.0840. The first-order chi connectivity index (χ1) is 12.9. The van der Waals surface area contributed by atoms with Crippen molar-refractivity contribution in [1.29, 1.82) is 0 Å². The number of benzene rings is 2. The summed E-state index contributed by atoms with van der Waals surface area (Å²) in [5.74, 6) is 1.08. The van der Waals surface area contributed by atoms with E-state index in [1.807, 2.05) is 18.2 Å². The highest BCUT2D eigenvalue weighted by molar-refractivity contribution is 7.92. The van der Waals surface area contributed by atoms with Gasteiger partial charge in [0, 0.05) is 18.3 Å². The number of carbonyl (C=O) groups excluding carboxylic acids is 1. The number of amides is 2. The molecule has 0 radical (unpaired) electrons. The molecule has 2 aromatic rings. The fourth-order valence-electron chi connectivity index (χ4n) is 2.64. The Morgan fingerprint density at radius 2 is 1.78 bits per heavy atom. The molecule has 0 aromatic heterocycles. The third kappa shape index (κ3) is 5.04. The molecular weight excluding hydrogens is 370 g/mol. The topological polar surface area (TPSA) is 97.0 Å². The van der Waals surface area contributed by atoms with E-state index in [0.717, 1.165) is 6.26 Å². The van der Waals surface area contributed by atoms with E-state index in [1.54, 1.807) is 30.3 Å². The van der Waals surface area contributed by atoms with Crippen LogP contribution in [0.4, 0.5) is 16.2 Å². The third-order valence-electron chi connectivity index (χ3n) is 3.85. The Kier molecular flexibility index (Phi) is 5.70. The molecule has 3 rings (SSSR count). The van der Waals surface area contributed by atoms with E-state index >= 15 is 0 Å². The molecule has 8 nitrogen and oxygen atoms in total.